The van der Waals surface area contributed by atoms with Gasteiger partial charge in [-0.25, -0.2) is 7.86 Å². The fraction of sp³-hybridized carbons (Fsp3) is 0.565. The molecule has 0 saturated carbocycles. The Morgan fingerprint density at radius 1 is 1.09 bits per heavy atom. The number of hydrogen-bond donors (Lipinski definition) is 3. The third-order valence-electron chi connectivity index (χ3n) is 5.47. The maximum absolute atomic E-state index is 12.8. The van der Waals surface area contributed by atoms with Gasteiger partial charge in [-0.15, -0.1) is 0 Å². The van der Waals surface area contributed by atoms with Crippen LogP contribution < -0.4 is 19.6 Å². The van der Waals surface area contributed by atoms with Gasteiger partial charge in [0.15, 0.2) is 11.7 Å². The zero-order valence-electron chi connectivity index (χ0n) is 22.9. The van der Waals surface area contributed by atoms with Gasteiger partial charge in [-0.1, -0.05) is 12.1 Å². The number of carbonyl (C=O) groups excluding carboxylic acids is 3. The van der Waals surface area contributed by atoms with E-state index in [9.17, 15) is 49.0 Å². The van der Waals surface area contributed by atoms with Gasteiger partial charge in [-0.3, -0.25) is 19.9 Å². The van der Waals surface area contributed by atoms with E-state index in [4.69, 9.17) is 15.2 Å². The Hall–Kier alpha value is -3.11. The molecule has 1 aromatic carbocycles. The fourth-order valence-corrected chi connectivity index (χ4v) is 3.50. The summed E-state index contributed by atoms with van der Waals surface area (Å²) >= 11 is -1.93. The summed E-state index contributed by atoms with van der Waals surface area (Å²) in [6.07, 6.45) is -17.3. The molecule has 20 heteroatoms. The van der Waals surface area contributed by atoms with Gasteiger partial charge in [0.2, 0.25) is 6.10 Å². The second-order valence-electron chi connectivity index (χ2n) is 9.07. The summed E-state index contributed by atoms with van der Waals surface area (Å²) in [6.45, 7) is 0.592. The van der Waals surface area contributed by atoms with Gasteiger partial charge in [-0.05, 0) is 44.4 Å². The number of aliphatic imine (C=N–C) groups is 1. The van der Waals surface area contributed by atoms with E-state index < -0.39 is 81.9 Å². The monoisotopic (exact) mass is 744 g/mol. The van der Waals surface area contributed by atoms with Crippen molar-refractivity contribution in [2.75, 3.05) is 23.5 Å². The van der Waals surface area contributed by atoms with E-state index >= 15 is 0 Å². The van der Waals surface area contributed by atoms with Gasteiger partial charge < -0.3 is 33.7 Å². The van der Waals surface area contributed by atoms with Crippen LogP contribution in [0.5, 0.6) is 0 Å². The molecule has 1 rings (SSSR count). The molecule has 0 aliphatic rings. The largest absolute Gasteiger partial charge is 0.748 e. The molecule has 43 heavy (non-hydrogen) atoms. The number of nitrogens with one attached hydrogen (secondary N) is 2. The number of carbonyl (C=O) groups is 3. The van der Waals surface area contributed by atoms with E-state index in [0.717, 1.165) is 0 Å². The van der Waals surface area contributed by atoms with Crippen LogP contribution in [-0.2, 0) is 33.5 Å². The van der Waals surface area contributed by atoms with Crippen molar-refractivity contribution < 1.29 is 58.0 Å². The van der Waals surface area contributed by atoms with Gasteiger partial charge in [0.1, 0.15) is 18.8 Å². The number of hydrogen-bond acceptors (Lipinski definition) is 9. The topological polar surface area (TPSA) is 185 Å². The van der Waals surface area contributed by atoms with Crippen LogP contribution in [0.3, 0.4) is 0 Å². The number of Topliss-reactive ketones (excluding diaryl/α,β-unsaturated/α-hetero) is 1. The second kappa shape index (κ2) is 16.7. The molecule has 0 radical (unpaired) electrons. The summed E-state index contributed by atoms with van der Waals surface area (Å²) in [4.78, 5) is 40.7. The van der Waals surface area contributed by atoms with Crippen molar-refractivity contribution in [2.24, 2.45) is 10.7 Å². The maximum atomic E-state index is 12.8. The summed E-state index contributed by atoms with van der Waals surface area (Å²) in [5.74, 6) is -2.57. The van der Waals surface area contributed by atoms with Crippen LogP contribution in [0.1, 0.15) is 32.3 Å². The molecule has 0 saturated heterocycles. The van der Waals surface area contributed by atoms with Crippen LogP contribution in [0.4, 0.5) is 36.8 Å². The number of ether oxygens (including phenoxy) is 3. The Morgan fingerprint density at radius 2 is 1.67 bits per heavy atom. The van der Waals surface area contributed by atoms with Crippen molar-refractivity contribution in [3.8, 4) is 0 Å². The second-order valence-corrected chi connectivity index (χ2v) is 10.3. The summed E-state index contributed by atoms with van der Waals surface area (Å²) in [7, 11) is 1.17. The van der Waals surface area contributed by atoms with Crippen molar-refractivity contribution in [2.45, 2.75) is 63.4 Å². The standard InChI is InChI=1S/C23H29F6IN5O8/c1-21(2,41-3)18(37)33-15(16(36)12-42-17(22(24,25)26)23(27,28)29)5-4-10-32-19(31)34-20(38)43-11-13-6-8-14(9-7-13)35(40)30-39/h6-9,15,17H,4-5,10-12H2,1-3H3,(H,33,37)(H3,31,32,34,38)/q-1. The Bertz CT molecular complexity index is 1120. The minimum Gasteiger partial charge on any atom is -0.748 e. The summed E-state index contributed by atoms with van der Waals surface area (Å²) in [6, 6.07) is 4.11. The number of nitrogens with zero attached hydrogens (tertiary/aromatic N) is 2. The van der Waals surface area contributed by atoms with Gasteiger partial charge in [0.05, 0.1) is 6.04 Å². The molecular formula is C23H29F6IN5O8-. The van der Waals surface area contributed by atoms with Gasteiger partial charge in [-0.2, -0.15) is 26.3 Å². The first-order chi connectivity index (χ1) is 19.8. The zero-order chi connectivity index (χ0) is 33.0. The Kier molecular flexibility index (Phi) is 14.7. The van der Waals surface area contributed by atoms with Crippen molar-refractivity contribution in [3.05, 3.63) is 35.0 Å². The number of rotatable bonds is 15. The highest BCUT2D eigenvalue weighted by Crippen LogP contribution is 2.35. The molecular weight excluding hydrogens is 715 g/mol. The van der Waals surface area contributed by atoms with E-state index in [0.29, 0.717) is 8.84 Å². The number of halogens is 7. The molecule has 0 aliphatic carbocycles. The van der Waals surface area contributed by atoms with Gasteiger partial charge in [0.25, 0.3) is 27.4 Å². The van der Waals surface area contributed by atoms with Crippen LogP contribution in [0.25, 0.3) is 0 Å². The van der Waals surface area contributed by atoms with Gasteiger partial charge in [0, 0.05) is 19.3 Å². The average molecular weight is 744 g/mol. The van der Waals surface area contributed by atoms with E-state index in [2.05, 4.69) is 20.4 Å². The highest BCUT2D eigenvalue weighted by molar-refractivity contribution is 14.1. The summed E-state index contributed by atoms with van der Waals surface area (Å²) in [5.41, 5.74) is 4.75. The normalized spacial score (nSPS) is 13.4. The highest BCUT2D eigenvalue weighted by Gasteiger charge is 2.58. The summed E-state index contributed by atoms with van der Waals surface area (Å²) in [5, 5.41) is 15.6. The molecule has 0 aromatic heterocycles. The van der Waals surface area contributed by atoms with Crippen LogP contribution >= 0.6 is 21.5 Å². The number of alkyl halides is 6. The number of anilines is 1. The number of benzene rings is 1. The van der Waals surface area contributed by atoms with Crippen LogP contribution in [0.2, 0.25) is 0 Å². The minimum absolute atomic E-state index is 0.0712. The van der Waals surface area contributed by atoms with Gasteiger partial charge >= 0.3 is 18.4 Å². The van der Waals surface area contributed by atoms with Crippen molar-refractivity contribution >= 4 is 50.9 Å². The number of guanidine groups is 1. The SMILES string of the molecule is COC(C)(C)C(=O)NC(CCCN=C(N)NC(=O)OCc1ccc(N([O-])I=O)cc1)C(=O)COC(C(F)(F)F)C(F)(F)F. The average Bonchev–Trinajstić information content (AvgIpc) is 2.91. The molecule has 0 spiro atoms. The molecule has 1 atom stereocenters. The van der Waals surface area contributed by atoms with E-state index in [-0.39, 0.29) is 31.7 Å². The Balaban J connectivity index is 2.74. The van der Waals surface area contributed by atoms with Crippen LogP contribution in [0, 0.1) is 5.21 Å². The number of methoxy groups -OCH3 is 1. The minimum atomic E-state index is -5.83. The maximum Gasteiger partial charge on any atom is 0.423 e. The third kappa shape index (κ3) is 13.4. The molecule has 1 aromatic rings. The molecule has 0 fully saturated rings. The first-order valence-electron chi connectivity index (χ1n) is 12.0. The molecule has 1 unspecified atom stereocenters. The fourth-order valence-electron chi connectivity index (χ4n) is 2.95. The Labute approximate surface area is 252 Å². The lowest BCUT2D eigenvalue weighted by molar-refractivity contribution is -0.319. The highest BCUT2D eigenvalue weighted by atomic mass is 127. The lowest BCUT2D eigenvalue weighted by atomic mass is 10.0. The summed E-state index contributed by atoms with van der Waals surface area (Å²) < 4.78 is 101. The lowest BCUT2D eigenvalue weighted by Crippen LogP contribution is -2.52. The first-order valence-corrected chi connectivity index (χ1v) is 13.9. The van der Waals surface area contributed by atoms with Crippen molar-refractivity contribution in [3.63, 3.8) is 0 Å². The van der Waals surface area contributed by atoms with Crippen LogP contribution in [-0.4, -0.2) is 74.1 Å². The molecule has 0 bridgehead atoms. The number of ketones is 1. The molecule has 244 valence electrons. The molecule has 0 aliphatic heterocycles. The molecule has 4 N–H and O–H groups in total. The Morgan fingerprint density at radius 3 is 2.19 bits per heavy atom. The zero-order valence-corrected chi connectivity index (χ0v) is 25.0. The van der Waals surface area contributed by atoms with E-state index in [1.54, 1.807) is 0 Å². The third-order valence-corrected chi connectivity index (χ3v) is 6.39. The molecule has 0 heterocycles. The smallest absolute Gasteiger partial charge is 0.423 e. The first kappa shape index (κ1) is 37.9. The van der Waals surface area contributed by atoms with Crippen molar-refractivity contribution in [1.29, 1.82) is 0 Å². The van der Waals surface area contributed by atoms with Crippen molar-refractivity contribution in [1.82, 2.24) is 10.6 Å². The lowest BCUT2D eigenvalue weighted by Gasteiger charge is -2.27. The number of alkyl carbamates (subject to hydrolysis) is 1. The quantitative estimate of drug-likeness (QED) is 0.0457. The number of nitrogens with two attached hydrogens (primary N) is 1. The predicted octanol–water partition coefficient (Wildman–Crippen LogP) is 3.53. The molecule has 2 amide bonds. The van der Waals surface area contributed by atoms with E-state index in [1.807, 2.05) is 0 Å². The molecule has 13 nitrogen and oxygen atoms in total. The van der Waals surface area contributed by atoms with E-state index in [1.165, 1.54) is 45.2 Å². The predicted molar refractivity (Wildman–Crippen MR) is 146 cm³/mol. The number of amides is 2. The van der Waals surface area contributed by atoms with Crippen LogP contribution in [0.15, 0.2) is 29.3 Å².